The Bertz CT molecular complexity index is 768. The minimum atomic E-state index is 0. The van der Waals surface area contributed by atoms with Crippen LogP contribution in [-0.4, -0.2) is 76.9 Å². The summed E-state index contributed by atoms with van der Waals surface area (Å²) in [6.45, 7) is 8.41. The Kier molecular flexibility index (Phi) is 9.85. The van der Waals surface area contributed by atoms with Crippen molar-refractivity contribution in [3.05, 3.63) is 12.5 Å². The van der Waals surface area contributed by atoms with Crippen molar-refractivity contribution in [2.75, 3.05) is 51.6 Å². The number of hydrogen-bond acceptors (Lipinski definition) is 6. The molecule has 0 unspecified atom stereocenters. The molecule has 0 aliphatic carbocycles. The van der Waals surface area contributed by atoms with E-state index in [1.54, 1.807) is 24.3 Å². The van der Waals surface area contributed by atoms with Gasteiger partial charge in [-0.25, -0.2) is 9.97 Å². The summed E-state index contributed by atoms with van der Waals surface area (Å²) < 4.78 is 1.75. The molecule has 1 saturated heterocycles. The van der Waals surface area contributed by atoms with E-state index in [1.165, 1.54) is 25.9 Å². The van der Waals surface area contributed by atoms with E-state index in [1.807, 2.05) is 7.05 Å². The standard InChI is InChI=1S/C19H33N9.HI/c1-15-5-11-28(12-6-15)10-4-7-22-19(20-2)23-9-8-21-17-16-13-26-27(3)18(16)25-14-24-17;/h13-15H,4-12H2,1-3H3,(H2,20,22,23)(H,21,24,25);1H. The molecule has 0 atom stereocenters. The van der Waals surface area contributed by atoms with Crippen LogP contribution in [-0.2, 0) is 7.05 Å². The van der Waals surface area contributed by atoms with Crippen LogP contribution in [0.5, 0.6) is 0 Å². The first-order chi connectivity index (χ1) is 13.7. The molecule has 3 rings (SSSR count). The minimum Gasteiger partial charge on any atom is -0.368 e. The van der Waals surface area contributed by atoms with E-state index < -0.39 is 0 Å². The van der Waals surface area contributed by atoms with Gasteiger partial charge in [0.25, 0.3) is 0 Å². The summed E-state index contributed by atoms with van der Waals surface area (Å²) >= 11 is 0. The van der Waals surface area contributed by atoms with Crippen LogP contribution in [0.25, 0.3) is 11.0 Å². The number of anilines is 1. The van der Waals surface area contributed by atoms with E-state index in [0.717, 1.165) is 61.3 Å². The predicted molar refractivity (Wildman–Crippen MR) is 129 cm³/mol. The third kappa shape index (κ3) is 6.95. The average Bonchev–Trinajstić information content (AvgIpc) is 3.10. The molecule has 162 valence electrons. The average molecular weight is 515 g/mol. The highest BCUT2D eigenvalue weighted by Crippen LogP contribution is 2.17. The molecule has 0 spiro atoms. The van der Waals surface area contributed by atoms with Gasteiger partial charge in [-0.2, -0.15) is 5.10 Å². The van der Waals surface area contributed by atoms with Gasteiger partial charge in [0.05, 0.1) is 11.6 Å². The van der Waals surface area contributed by atoms with Crippen LogP contribution in [0, 0.1) is 5.92 Å². The first-order valence-corrected chi connectivity index (χ1v) is 10.2. The summed E-state index contributed by atoms with van der Waals surface area (Å²) in [6.07, 6.45) is 7.15. The zero-order valence-electron chi connectivity index (χ0n) is 17.7. The number of nitrogens with one attached hydrogen (secondary N) is 3. The van der Waals surface area contributed by atoms with E-state index in [0.29, 0.717) is 0 Å². The molecule has 0 aromatic carbocycles. The van der Waals surface area contributed by atoms with Gasteiger partial charge in [0.15, 0.2) is 11.6 Å². The second-order valence-electron chi connectivity index (χ2n) is 7.46. The number of piperidine rings is 1. The largest absolute Gasteiger partial charge is 0.368 e. The van der Waals surface area contributed by atoms with Crippen molar-refractivity contribution < 1.29 is 0 Å². The summed E-state index contributed by atoms with van der Waals surface area (Å²) in [4.78, 5) is 15.4. The molecule has 1 aliphatic rings. The molecule has 0 saturated carbocycles. The Morgan fingerprint density at radius 2 is 1.93 bits per heavy atom. The van der Waals surface area contributed by atoms with Crippen molar-refractivity contribution in [2.45, 2.75) is 26.2 Å². The van der Waals surface area contributed by atoms with E-state index >= 15 is 0 Å². The lowest BCUT2D eigenvalue weighted by molar-refractivity contribution is 0.191. The van der Waals surface area contributed by atoms with Crippen LogP contribution < -0.4 is 16.0 Å². The van der Waals surface area contributed by atoms with Crippen molar-refractivity contribution in [1.82, 2.24) is 35.3 Å². The lowest BCUT2D eigenvalue weighted by Crippen LogP contribution is -2.41. The molecular formula is C19H34IN9. The fourth-order valence-electron chi connectivity index (χ4n) is 3.48. The fraction of sp³-hybridized carbons (Fsp3) is 0.684. The van der Waals surface area contributed by atoms with E-state index in [9.17, 15) is 0 Å². The minimum absolute atomic E-state index is 0. The van der Waals surface area contributed by atoms with Gasteiger partial charge >= 0.3 is 0 Å². The van der Waals surface area contributed by atoms with Crippen LogP contribution in [0.4, 0.5) is 5.82 Å². The van der Waals surface area contributed by atoms with E-state index in [-0.39, 0.29) is 24.0 Å². The summed E-state index contributed by atoms with van der Waals surface area (Å²) in [7, 11) is 3.68. The van der Waals surface area contributed by atoms with Gasteiger partial charge in [-0.3, -0.25) is 9.67 Å². The zero-order chi connectivity index (χ0) is 19.8. The van der Waals surface area contributed by atoms with Crippen molar-refractivity contribution in [3.8, 4) is 0 Å². The number of guanidine groups is 1. The molecule has 0 bridgehead atoms. The van der Waals surface area contributed by atoms with Gasteiger partial charge in [0, 0.05) is 33.7 Å². The number of nitrogens with zero attached hydrogens (tertiary/aromatic N) is 6. The number of rotatable bonds is 8. The van der Waals surface area contributed by atoms with Crippen LogP contribution in [0.2, 0.25) is 0 Å². The van der Waals surface area contributed by atoms with Crippen molar-refractivity contribution in [2.24, 2.45) is 18.0 Å². The molecule has 1 fully saturated rings. The van der Waals surface area contributed by atoms with E-state index in [4.69, 9.17) is 0 Å². The third-order valence-electron chi connectivity index (χ3n) is 5.28. The summed E-state index contributed by atoms with van der Waals surface area (Å²) in [5.41, 5.74) is 0.825. The maximum Gasteiger partial charge on any atom is 0.191 e. The van der Waals surface area contributed by atoms with Crippen molar-refractivity contribution in [3.63, 3.8) is 0 Å². The van der Waals surface area contributed by atoms with Gasteiger partial charge in [0.2, 0.25) is 0 Å². The number of aryl methyl sites for hydroxylation is 1. The third-order valence-corrected chi connectivity index (χ3v) is 5.28. The molecular weight excluding hydrogens is 481 g/mol. The summed E-state index contributed by atoms with van der Waals surface area (Å²) in [5, 5.41) is 15.2. The Morgan fingerprint density at radius 1 is 1.17 bits per heavy atom. The van der Waals surface area contributed by atoms with Crippen LogP contribution in [0.1, 0.15) is 26.2 Å². The monoisotopic (exact) mass is 515 g/mol. The molecule has 1 aliphatic heterocycles. The lowest BCUT2D eigenvalue weighted by Gasteiger charge is -2.30. The topological polar surface area (TPSA) is 95.3 Å². The Morgan fingerprint density at radius 3 is 2.69 bits per heavy atom. The maximum absolute atomic E-state index is 4.31. The lowest BCUT2D eigenvalue weighted by atomic mass is 9.99. The molecule has 2 aromatic rings. The van der Waals surface area contributed by atoms with Gasteiger partial charge in [-0.15, -0.1) is 24.0 Å². The van der Waals surface area contributed by atoms with Crippen molar-refractivity contribution in [1.29, 1.82) is 0 Å². The Balaban J connectivity index is 0.00000300. The first-order valence-electron chi connectivity index (χ1n) is 10.2. The molecule has 3 heterocycles. The first kappa shape index (κ1) is 23.6. The molecule has 2 aromatic heterocycles. The Labute approximate surface area is 190 Å². The van der Waals surface area contributed by atoms with E-state index in [2.05, 4.69) is 47.8 Å². The zero-order valence-corrected chi connectivity index (χ0v) is 20.0. The Hall–Kier alpha value is -1.69. The predicted octanol–water partition coefficient (Wildman–Crippen LogP) is 1.68. The van der Waals surface area contributed by atoms with Gasteiger partial charge in [-0.05, 0) is 44.8 Å². The highest BCUT2D eigenvalue weighted by molar-refractivity contribution is 14.0. The number of fused-ring (bicyclic) bond motifs is 1. The quantitative estimate of drug-likeness (QED) is 0.213. The number of aliphatic imine (C=N–C) groups is 1. The molecule has 0 amide bonds. The molecule has 0 radical (unpaired) electrons. The molecule has 10 heteroatoms. The van der Waals surface area contributed by atoms with Crippen molar-refractivity contribution >= 4 is 46.8 Å². The molecule has 29 heavy (non-hydrogen) atoms. The second-order valence-corrected chi connectivity index (χ2v) is 7.46. The number of aromatic nitrogens is 4. The summed E-state index contributed by atoms with van der Waals surface area (Å²) in [6, 6.07) is 0. The number of hydrogen-bond donors (Lipinski definition) is 3. The van der Waals surface area contributed by atoms with Crippen LogP contribution >= 0.6 is 24.0 Å². The maximum atomic E-state index is 4.31. The van der Waals surface area contributed by atoms with Gasteiger partial charge in [0.1, 0.15) is 12.1 Å². The molecule has 3 N–H and O–H groups in total. The van der Waals surface area contributed by atoms with Gasteiger partial charge < -0.3 is 20.9 Å². The van der Waals surface area contributed by atoms with Gasteiger partial charge in [-0.1, -0.05) is 6.92 Å². The highest BCUT2D eigenvalue weighted by Gasteiger charge is 2.14. The highest BCUT2D eigenvalue weighted by atomic mass is 127. The molecule has 9 nitrogen and oxygen atoms in total. The summed E-state index contributed by atoms with van der Waals surface area (Å²) in [5.74, 6) is 2.53. The normalized spacial score (nSPS) is 15.9. The SMILES string of the molecule is CN=C(NCCCN1CCC(C)CC1)NCCNc1ncnc2c1cnn2C.I. The number of halogens is 1. The smallest absolute Gasteiger partial charge is 0.191 e. The second kappa shape index (κ2) is 12.1. The van der Waals surface area contributed by atoms with Crippen LogP contribution in [0.3, 0.4) is 0 Å². The fourth-order valence-corrected chi connectivity index (χ4v) is 3.48. The number of likely N-dealkylation sites (tertiary alicyclic amines) is 1. The van der Waals surface area contributed by atoms with Crippen LogP contribution in [0.15, 0.2) is 17.5 Å².